The number of aromatic nitrogens is 1. The fourth-order valence-corrected chi connectivity index (χ4v) is 5.73. The molecule has 1 amide bonds. The van der Waals surface area contributed by atoms with Gasteiger partial charge in [0, 0.05) is 64.1 Å². The van der Waals surface area contributed by atoms with Gasteiger partial charge in [-0.05, 0) is 43.5 Å². The minimum atomic E-state index is -1.37. The molecule has 0 spiro atoms. The number of piperazine rings is 1. The van der Waals surface area contributed by atoms with E-state index >= 15 is 4.39 Å². The molecule has 1 fully saturated rings. The second kappa shape index (κ2) is 14.4. The highest BCUT2D eigenvalue weighted by Crippen LogP contribution is 2.35. The first-order valence-electron chi connectivity index (χ1n) is 15.1. The molecule has 2 heterocycles. The van der Waals surface area contributed by atoms with Crippen LogP contribution in [0.5, 0.6) is 11.5 Å². The third-order valence-electron chi connectivity index (χ3n) is 7.93. The maximum absolute atomic E-state index is 15.4. The number of carboxylic acids is 1. The van der Waals surface area contributed by atoms with Crippen LogP contribution in [0.15, 0.2) is 41.3 Å². The molecule has 1 N–H and O–H groups in total. The number of aromatic carboxylic acids is 1. The minimum Gasteiger partial charge on any atom is -0.477 e. The minimum absolute atomic E-state index is 0.00326. The van der Waals surface area contributed by atoms with E-state index in [9.17, 15) is 29.1 Å². The number of nitrogens with zero attached hydrogens (tertiary/aromatic N) is 3. The van der Waals surface area contributed by atoms with Gasteiger partial charge in [-0.2, -0.15) is 0 Å². The number of hydrogen-bond donors (Lipinski definition) is 1. The Labute approximate surface area is 260 Å². The number of rotatable bonds is 11. The van der Waals surface area contributed by atoms with E-state index in [0.717, 1.165) is 18.9 Å². The molecule has 1 aliphatic rings. The third-order valence-corrected chi connectivity index (χ3v) is 7.93. The van der Waals surface area contributed by atoms with Gasteiger partial charge in [-0.1, -0.05) is 31.9 Å². The Hall–Kier alpha value is -4.74. The molecule has 1 unspecified atom stereocenters. The highest BCUT2D eigenvalue weighted by molar-refractivity contribution is 5.93. The molecule has 12 heteroatoms. The molecule has 1 aliphatic heterocycles. The van der Waals surface area contributed by atoms with E-state index in [-0.39, 0.29) is 34.9 Å². The van der Waals surface area contributed by atoms with Crippen LogP contribution in [0.25, 0.3) is 10.9 Å². The molecule has 0 radical (unpaired) electrons. The molecule has 0 bridgehead atoms. The lowest BCUT2D eigenvalue weighted by Gasteiger charge is -2.38. The SMILES string of the molecule is CCCCC(Cc1cccc(OC(C)=O)c1OC(C)=O)C(=O)N1CCN(c2cc3c(cc2F)c(=O)c(C(=O)O)cn3CC)CC1. The molecule has 1 aromatic heterocycles. The van der Waals surface area contributed by atoms with Crippen LogP contribution in [0.4, 0.5) is 10.1 Å². The van der Waals surface area contributed by atoms with Crippen molar-refractivity contribution in [3.05, 3.63) is 63.7 Å². The van der Waals surface area contributed by atoms with Crippen LogP contribution in [-0.2, 0) is 27.3 Å². The number of aryl methyl sites for hydroxylation is 1. The molecule has 3 aromatic rings. The topological polar surface area (TPSA) is 135 Å². The van der Waals surface area contributed by atoms with Crippen molar-refractivity contribution in [1.29, 1.82) is 0 Å². The van der Waals surface area contributed by atoms with Gasteiger partial charge in [-0.3, -0.25) is 19.2 Å². The second-order valence-corrected chi connectivity index (χ2v) is 11.1. The zero-order chi connectivity index (χ0) is 32.8. The van der Waals surface area contributed by atoms with E-state index in [1.54, 1.807) is 34.6 Å². The number of hydrogen-bond acceptors (Lipinski definition) is 8. The molecule has 1 atom stereocenters. The zero-order valence-corrected chi connectivity index (χ0v) is 25.9. The monoisotopic (exact) mass is 623 g/mol. The van der Waals surface area contributed by atoms with Crippen molar-refractivity contribution in [1.82, 2.24) is 9.47 Å². The first-order valence-corrected chi connectivity index (χ1v) is 15.1. The number of esters is 2. The second-order valence-electron chi connectivity index (χ2n) is 11.1. The quantitative estimate of drug-likeness (QED) is 0.243. The molecular formula is C33H38FN3O8. The van der Waals surface area contributed by atoms with Gasteiger partial charge >= 0.3 is 17.9 Å². The van der Waals surface area contributed by atoms with Crippen molar-refractivity contribution in [2.24, 2.45) is 5.92 Å². The van der Waals surface area contributed by atoms with E-state index < -0.39 is 40.6 Å². The number of para-hydroxylation sites is 1. The van der Waals surface area contributed by atoms with Gasteiger partial charge in [0.2, 0.25) is 11.3 Å². The summed E-state index contributed by atoms with van der Waals surface area (Å²) >= 11 is 0. The van der Waals surface area contributed by atoms with Gasteiger partial charge in [-0.15, -0.1) is 0 Å². The molecule has 0 aliphatic carbocycles. The summed E-state index contributed by atoms with van der Waals surface area (Å²) in [6, 6.07) is 7.61. The predicted molar refractivity (Wildman–Crippen MR) is 165 cm³/mol. The fraction of sp³-hybridized carbons (Fsp3) is 0.424. The first-order chi connectivity index (χ1) is 21.4. The van der Waals surface area contributed by atoms with Crippen LogP contribution in [0.2, 0.25) is 0 Å². The number of benzene rings is 2. The summed E-state index contributed by atoms with van der Waals surface area (Å²) in [6.07, 6.45) is 3.81. The van der Waals surface area contributed by atoms with Crippen LogP contribution >= 0.6 is 0 Å². The third kappa shape index (κ3) is 7.50. The van der Waals surface area contributed by atoms with Crippen LogP contribution in [0.3, 0.4) is 0 Å². The summed E-state index contributed by atoms with van der Waals surface area (Å²) in [6.45, 7) is 8.08. The van der Waals surface area contributed by atoms with Crippen molar-refractivity contribution in [3.8, 4) is 11.5 Å². The van der Waals surface area contributed by atoms with Crippen LogP contribution < -0.4 is 19.8 Å². The number of unbranched alkanes of at least 4 members (excludes halogenated alkanes) is 1. The number of halogens is 1. The molecule has 45 heavy (non-hydrogen) atoms. The van der Waals surface area contributed by atoms with Gasteiger partial charge in [0.25, 0.3) is 0 Å². The number of carboxylic acid groups (broad SMARTS) is 1. The van der Waals surface area contributed by atoms with Crippen molar-refractivity contribution in [3.63, 3.8) is 0 Å². The summed E-state index contributed by atoms with van der Waals surface area (Å²) in [5.74, 6) is -3.44. The average molecular weight is 624 g/mol. The lowest BCUT2D eigenvalue weighted by atomic mass is 9.91. The standard InChI is InChI=1S/C33H38FN3O8/c1-5-7-9-23(16-22-10-8-11-29(44-20(3)38)31(22)45-21(4)39)32(41)37-14-12-36(13-15-37)28-18-27-24(17-26(28)34)30(40)25(33(42)43)19-35(27)6-2/h8,10-11,17-19,23H,5-7,9,12-16H2,1-4H3,(H,42,43). The van der Waals surface area contributed by atoms with Gasteiger partial charge in [0.05, 0.1) is 11.2 Å². The zero-order valence-electron chi connectivity index (χ0n) is 25.9. The van der Waals surface area contributed by atoms with Gasteiger partial charge in [0.15, 0.2) is 11.5 Å². The molecule has 2 aromatic carbocycles. The van der Waals surface area contributed by atoms with E-state index in [1.165, 1.54) is 26.1 Å². The van der Waals surface area contributed by atoms with Crippen LogP contribution in [0.1, 0.15) is 62.9 Å². The Kier molecular flexibility index (Phi) is 10.6. The number of pyridine rings is 1. The summed E-state index contributed by atoms with van der Waals surface area (Å²) in [5.41, 5.74) is 0.121. The van der Waals surface area contributed by atoms with Crippen LogP contribution in [0, 0.1) is 11.7 Å². The fourth-order valence-electron chi connectivity index (χ4n) is 5.73. The molecule has 0 saturated carbocycles. The normalized spacial score (nSPS) is 13.9. The highest BCUT2D eigenvalue weighted by atomic mass is 19.1. The van der Waals surface area contributed by atoms with Gasteiger partial charge in [-0.25, -0.2) is 9.18 Å². The van der Waals surface area contributed by atoms with E-state index in [4.69, 9.17) is 9.47 Å². The number of anilines is 1. The smallest absolute Gasteiger partial charge is 0.341 e. The Bertz CT molecular complexity index is 1680. The van der Waals surface area contributed by atoms with Gasteiger partial charge < -0.3 is 28.9 Å². The Morgan fingerprint density at radius 1 is 1.00 bits per heavy atom. The summed E-state index contributed by atoms with van der Waals surface area (Å²) in [5, 5.41) is 9.41. The lowest BCUT2D eigenvalue weighted by Crippen LogP contribution is -2.51. The molecule has 4 rings (SSSR count). The average Bonchev–Trinajstić information content (AvgIpc) is 3.00. The molecule has 240 valence electrons. The maximum Gasteiger partial charge on any atom is 0.341 e. The van der Waals surface area contributed by atoms with E-state index in [0.29, 0.717) is 50.2 Å². The van der Waals surface area contributed by atoms with E-state index in [1.807, 2.05) is 11.8 Å². The summed E-state index contributed by atoms with van der Waals surface area (Å²) in [7, 11) is 0. The van der Waals surface area contributed by atoms with Crippen molar-refractivity contribution in [2.75, 3.05) is 31.1 Å². The summed E-state index contributed by atoms with van der Waals surface area (Å²) < 4.78 is 27.7. The maximum atomic E-state index is 15.4. The largest absolute Gasteiger partial charge is 0.477 e. The summed E-state index contributed by atoms with van der Waals surface area (Å²) in [4.78, 5) is 65.2. The Morgan fingerprint density at radius 3 is 2.29 bits per heavy atom. The van der Waals surface area contributed by atoms with Crippen molar-refractivity contribution >= 4 is 40.4 Å². The molecular weight excluding hydrogens is 585 g/mol. The number of carbonyl (C=O) groups excluding carboxylic acids is 3. The van der Waals surface area contributed by atoms with Crippen LogP contribution in [-0.4, -0.2) is 64.6 Å². The van der Waals surface area contributed by atoms with Crippen molar-refractivity contribution < 1.29 is 38.1 Å². The predicted octanol–water partition coefficient (Wildman–Crippen LogP) is 4.41. The molecule has 1 saturated heterocycles. The highest BCUT2D eigenvalue weighted by Gasteiger charge is 2.30. The number of carbonyl (C=O) groups is 4. The Balaban J connectivity index is 1.56. The first kappa shape index (κ1) is 33.2. The van der Waals surface area contributed by atoms with E-state index in [2.05, 4.69) is 0 Å². The van der Waals surface area contributed by atoms with Crippen molar-refractivity contribution in [2.45, 2.75) is 59.9 Å². The Morgan fingerprint density at radius 2 is 1.69 bits per heavy atom. The van der Waals surface area contributed by atoms with Gasteiger partial charge in [0.1, 0.15) is 11.4 Å². The number of ether oxygens (including phenoxy) is 2. The molecule has 11 nitrogen and oxygen atoms in total. The lowest BCUT2D eigenvalue weighted by molar-refractivity contribution is -0.136. The number of fused-ring (bicyclic) bond motifs is 1. The number of amides is 1.